The van der Waals surface area contributed by atoms with Crippen molar-refractivity contribution in [1.82, 2.24) is 5.43 Å². The molecule has 62 valence electrons. The summed E-state index contributed by atoms with van der Waals surface area (Å²) < 4.78 is 0. The number of rotatable bonds is 1. The zero-order valence-electron chi connectivity index (χ0n) is 6.55. The normalized spacial score (nSPS) is 15.6. The van der Waals surface area contributed by atoms with Gasteiger partial charge in [0, 0.05) is 23.6 Å². The first-order valence-electron chi connectivity index (χ1n) is 3.92. The van der Waals surface area contributed by atoms with Crippen LogP contribution in [0.3, 0.4) is 0 Å². The van der Waals surface area contributed by atoms with Crippen LogP contribution in [0.1, 0.15) is 12.0 Å². The summed E-state index contributed by atoms with van der Waals surface area (Å²) in [7, 11) is 0. The van der Waals surface area contributed by atoms with Gasteiger partial charge < -0.3 is 5.43 Å². The lowest BCUT2D eigenvalue weighted by atomic mass is 10.1. The second kappa shape index (κ2) is 3.15. The van der Waals surface area contributed by atoms with E-state index in [2.05, 4.69) is 10.5 Å². The van der Waals surface area contributed by atoms with E-state index in [1.807, 2.05) is 24.3 Å². The van der Waals surface area contributed by atoms with Crippen LogP contribution in [-0.2, 0) is 0 Å². The molecule has 0 unspecified atom stereocenters. The molecule has 1 aromatic carbocycles. The van der Waals surface area contributed by atoms with Crippen LogP contribution in [0.15, 0.2) is 29.4 Å². The highest BCUT2D eigenvalue weighted by Gasteiger charge is 2.10. The number of hydrogen-bond donors (Lipinski definition) is 1. The number of nitrogens with zero attached hydrogens (tertiary/aromatic N) is 1. The third-order valence-electron chi connectivity index (χ3n) is 1.87. The second-order valence-corrected chi connectivity index (χ2v) is 3.10. The maximum absolute atomic E-state index is 6.00. The van der Waals surface area contributed by atoms with E-state index in [0.29, 0.717) is 0 Å². The van der Waals surface area contributed by atoms with Gasteiger partial charge in [-0.25, -0.2) is 0 Å². The number of benzene rings is 1. The van der Waals surface area contributed by atoms with Crippen LogP contribution in [-0.4, -0.2) is 12.3 Å². The molecule has 0 radical (unpaired) electrons. The van der Waals surface area contributed by atoms with Gasteiger partial charge in [-0.1, -0.05) is 29.8 Å². The first-order valence-corrected chi connectivity index (χ1v) is 4.30. The lowest BCUT2D eigenvalue weighted by Crippen LogP contribution is -1.98. The summed E-state index contributed by atoms with van der Waals surface area (Å²) in [6.45, 7) is 0.917. The summed E-state index contributed by atoms with van der Waals surface area (Å²) in [5, 5.41) is 4.93. The van der Waals surface area contributed by atoms with Crippen LogP contribution in [0.2, 0.25) is 5.02 Å². The highest BCUT2D eigenvalue weighted by Crippen LogP contribution is 2.18. The Labute approximate surface area is 76.2 Å². The minimum absolute atomic E-state index is 0.778. The van der Waals surface area contributed by atoms with E-state index < -0.39 is 0 Å². The molecular weight excluding hydrogens is 172 g/mol. The fourth-order valence-corrected chi connectivity index (χ4v) is 1.52. The van der Waals surface area contributed by atoms with Crippen LogP contribution in [0, 0.1) is 0 Å². The van der Waals surface area contributed by atoms with Gasteiger partial charge in [-0.15, -0.1) is 0 Å². The Morgan fingerprint density at radius 3 is 2.83 bits per heavy atom. The van der Waals surface area contributed by atoms with Gasteiger partial charge in [0.25, 0.3) is 0 Å². The maximum atomic E-state index is 6.00. The van der Waals surface area contributed by atoms with Gasteiger partial charge in [0.05, 0.1) is 5.71 Å². The summed E-state index contributed by atoms with van der Waals surface area (Å²) >= 11 is 6.00. The SMILES string of the molecule is Clc1ccccc1C1=NNCC1. The van der Waals surface area contributed by atoms with Gasteiger partial charge in [0.2, 0.25) is 0 Å². The van der Waals surface area contributed by atoms with Gasteiger partial charge in [0.1, 0.15) is 0 Å². The predicted molar refractivity (Wildman–Crippen MR) is 50.6 cm³/mol. The Hall–Kier alpha value is -1.02. The highest BCUT2D eigenvalue weighted by molar-refractivity contribution is 6.34. The summed E-state index contributed by atoms with van der Waals surface area (Å²) in [4.78, 5) is 0. The van der Waals surface area contributed by atoms with Gasteiger partial charge >= 0.3 is 0 Å². The number of hydrogen-bond acceptors (Lipinski definition) is 2. The molecule has 2 rings (SSSR count). The molecule has 0 bridgehead atoms. The summed E-state index contributed by atoms with van der Waals surface area (Å²) in [6, 6.07) is 7.78. The molecule has 12 heavy (non-hydrogen) atoms. The zero-order valence-corrected chi connectivity index (χ0v) is 7.30. The molecule has 0 atom stereocenters. The third-order valence-corrected chi connectivity index (χ3v) is 2.20. The van der Waals surface area contributed by atoms with E-state index in [1.165, 1.54) is 0 Å². The van der Waals surface area contributed by atoms with E-state index in [9.17, 15) is 0 Å². The van der Waals surface area contributed by atoms with Gasteiger partial charge in [0.15, 0.2) is 0 Å². The average Bonchev–Trinajstić information content (AvgIpc) is 2.57. The lowest BCUT2D eigenvalue weighted by molar-refractivity contribution is 0.813. The smallest absolute Gasteiger partial charge is 0.0708 e. The second-order valence-electron chi connectivity index (χ2n) is 2.70. The molecule has 0 fully saturated rings. The van der Waals surface area contributed by atoms with Crippen molar-refractivity contribution in [2.45, 2.75) is 6.42 Å². The maximum Gasteiger partial charge on any atom is 0.0708 e. The molecule has 0 aliphatic carbocycles. The quantitative estimate of drug-likeness (QED) is 0.703. The predicted octanol–water partition coefficient (Wildman–Crippen LogP) is 2.04. The van der Waals surface area contributed by atoms with Crippen LogP contribution < -0.4 is 5.43 Å². The molecule has 3 heteroatoms. The van der Waals surface area contributed by atoms with Gasteiger partial charge in [-0.3, -0.25) is 0 Å². The Morgan fingerprint density at radius 1 is 1.33 bits per heavy atom. The van der Waals surface area contributed by atoms with E-state index in [-0.39, 0.29) is 0 Å². The first kappa shape index (κ1) is 7.62. The molecule has 1 aliphatic heterocycles. The molecule has 0 saturated carbocycles. The average molecular weight is 181 g/mol. The Bertz CT molecular complexity index is 320. The summed E-state index contributed by atoms with van der Waals surface area (Å²) in [5.74, 6) is 0. The standard InChI is InChI=1S/C9H9ClN2/c10-8-4-2-1-3-7(8)9-5-6-11-12-9/h1-4,11H,5-6H2. The van der Waals surface area contributed by atoms with Crippen molar-refractivity contribution in [1.29, 1.82) is 0 Å². The van der Waals surface area contributed by atoms with Crippen LogP contribution in [0.4, 0.5) is 0 Å². The number of nitrogens with one attached hydrogen (secondary N) is 1. The molecule has 0 amide bonds. The molecular formula is C9H9ClN2. The van der Waals surface area contributed by atoms with Crippen molar-refractivity contribution in [2.75, 3.05) is 6.54 Å². The van der Waals surface area contributed by atoms with Crippen molar-refractivity contribution in [2.24, 2.45) is 5.10 Å². The van der Waals surface area contributed by atoms with Crippen molar-refractivity contribution in [3.8, 4) is 0 Å². The molecule has 0 saturated heterocycles. The van der Waals surface area contributed by atoms with Crippen molar-refractivity contribution in [3.05, 3.63) is 34.9 Å². The topological polar surface area (TPSA) is 24.4 Å². The minimum Gasteiger partial charge on any atom is -0.309 e. The summed E-state index contributed by atoms with van der Waals surface area (Å²) in [5.41, 5.74) is 5.03. The van der Waals surface area contributed by atoms with E-state index in [0.717, 1.165) is 29.3 Å². The van der Waals surface area contributed by atoms with Gasteiger partial charge in [-0.2, -0.15) is 5.10 Å². The molecule has 0 spiro atoms. The first-order chi connectivity index (χ1) is 5.88. The van der Waals surface area contributed by atoms with Crippen molar-refractivity contribution in [3.63, 3.8) is 0 Å². The fourth-order valence-electron chi connectivity index (χ4n) is 1.27. The summed E-state index contributed by atoms with van der Waals surface area (Å²) in [6.07, 6.45) is 0.962. The van der Waals surface area contributed by atoms with Crippen LogP contribution in [0.5, 0.6) is 0 Å². The zero-order chi connectivity index (χ0) is 8.39. The fraction of sp³-hybridized carbons (Fsp3) is 0.222. The van der Waals surface area contributed by atoms with Gasteiger partial charge in [-0.05, 0) is 6.07 Å². The molecule has 0 aromatic heterocycles. The molecule has 1 N–H and O–H groups in total. The number of hydrazone groups is 1. The Balaban J connectivity index is 2.39. The van der Waals surface area contributed by atoms with E-state index in [4.69, 9.17) is 11.6 Å². The van der Waals surface area contributed by atoms with Crippen molar-refractivity contribution >= 4 is 17.3 Å². The Morgan fingerprint density at radius 2 is 2.17 bits per heavy atom. The third kappa shape index (κ3) is 1.30. The molecule has 1 aromatic rings. The Kier molecular flexibility index (Phi) is 2.00. The van der Waals surface area contributed by atoms with E-state index >= 15 is 0 Å². The number of halogens is 1. The molecule has 1 aliphatic rings. The van der Waals surface area contributed by atoms with Crippen LogP contribution >= 0.6 is 11.6 Å². The lowest BCUT2D eigenvalue weighted by Gasteiger charge is -2.00. The minimum atomic E-state index is 0.778. The van der Waals surface area contributed by atoms with E-state index in [1.54, 1.807) is 0 Å². The largest absolute Gasteiger partial charge is 0.309 e. The molecule has 2 nitrogen and oxygen atoms in total. The molecule has 1 heterocycles. The highest BCUT2D eigenvalue weighted by atomic mass is 35.5. The monoisotopic (exact) mass is 180 g/mol. The van der Waals surface area contributed by atoms with Crippen molar-refractivity contribution < 1.29 is 0 Å². The van der Waals surface area contributed by atoms with Crippen LogP contribution in [0.25, 0.3) is 0 Å².